The van der Waals surface area contributed by atoms with Crippen molar-refractivity contribution in [2.45, 2.75) is 44.1 Å². The van der Waals surface area contributed by atoms with Crippen LogP contribution in [0.25, 0.3) is 0 Å². The molecule has 2 rings (SSSR count). The summed E-state index contributed by atoms with van der Waals surface area (Å²) in [5, 5.41) is 3.71. The Labute approximate surface area is 131 Å². The summed E-state index contributed by atoms with van der Waals surface area (Å²) in [5.41, 5.74) is 6.71. The van der Waals surface area contributed by atoms with Crippen LogP contribution >= 0.6 is 24.0 Å². The molecule has 0 atom stereocenters. The molecule has 112 valence electrons. The molecule has 1 aromatic carbocycles. The Morgan fingerprint density at radius 2 is 1.85 bits per heavy atom. The van der Waals surface area contributed by atoms with E-state index in [1.807, 2.05) is 24.3 Å². The van der Waals surface area contributed by atoms with Gasteiger partial charge in [-0.1, -0.05) is 36.6 Å². The number of amides is 1. The molecule has 1 aliphatic carbocycles. The maximum Gasteiger partial charge on any atom is 0.240 e. The zero-order chi connectivity index (χ0) is 13.7. The van der Waals surface area contributed by atoms with Gasteiger partial charge >= 0.3 is 0 Å². The lowest BCUT2D eigenvalue weighted by molar-refractivity contribution is -0.126. The van der Waals surface area contributed by atoms with Crippen LogP contribution in [0.3, 0.4) is 0 Å². The van der Waals surface area contributed by atoms with Crippen LogP contribution in [0.1, 0.15) is 37.7 Å². The first-order valence-electron chi connectivity index (χ1n) is 6.92. The fraction of sp³-hybridized carbons (Fsp3) is 0.533. The van der Waals surface area contributed by atoms with E-state index in [1.54, 1.807) is 0 Å². The van der Waals surface area contributed by atoms with Crippen molar-refractivity contribution < 1.29 is 4.79 Å². The van der Waals surface area contributed by atoms with E-state index in [4.69, 9.17) is 17.3 Å². The molecule has 0 bridgehead atoms. The van der Waals surface area contributed by atoms with Gasteiger partial charge in [0.25, 0.3) is 0 Å². The molecule has 1 aromatic rings. The van der Waals surface area contributed by atoms with E-state index in [0.29, 0.717) is 6.54 Å². The predicted octanol–water partition coefficient (Wildman–Crippen LogP) is 3.08. The molecule has 1 amide bonds. The molecule has 1 aliphatic rings. The van der Waals surface area contributed by atoms with E-state index >= 15 is 0 Å². The zero-order valence-corrected chi connectivity index (χ0v) is 13.1. The molecule has 0 radical (unpaired) electrons. The van der Waals surface area contributed by atoms with Crippen LogP contribution < -0.4 is 11.1 Å². The Hall–Kier alpha value is -0.770. The largest absolute Gasteiger partial charge is 0.354 e. The first kappa shape index (κ1) is 17.3. The molecule has 3 N–H and O–H groups in total. The summed E-state index contributed by atoms with van der Waals surface area (Å²) in [7, 11) is 0. The average Bonchev–Trinajstić information content (AvgIpc) is 2.85. The smallest absolute Gasteiger partial charge is 0.240 e. The molecule has 20 heavy (non-hydrogen) atoms. The number of nitrogens with one attached hydrogen (secondary N) is 1. The second-order valence-electron chi connectivity index (χ2n) is 5.35. The highest BCUT2D eigenvalue weighted by Crippen LogP contribution is 2.27. The van der Waals surface area contributed by atoms with Gasteiger partial charge in [-0.05, 0) is 43.4 Å². The number of benzene rings is 1. The molecule has 0 heterocycles. The minimum atomic E-state index is -0.611. The highest BCUT2D eigenvalue weighted by molar-refractivity contribution is 6.30. The first-order valence-corrected chi connectivity index (χ1v) is 7.30. The van der Waals surface area contributed by atoms with Crippen molar-refractivity contribution in [2.75, 3.05) is 6.54 Å². The lowest BCUT2D eigenvalue weighted by Gasteiger charge is -2.22. The van der Waals surface area contributed by atoms with Gasteiger partial charge in [-0.3, -0.25) is 4.79 Å². The summed E-state index contributed by atoms with van der Waals surface area (Å²) in [6.07, 6.45) is 5.62. The quantitative estimate of drug-likeness (QED) is 0.820. The summed E-state index contributed by atoms with van der Waals surface area (Å²) in [5.74, 6) is 0.0149. The van der Waals surface area contributed by atoms with Gasteiger partial charge in [0.2, 0.25) is 5.91 Å². The van der Waals surface area contributed by atoms with Gasteiger partial charge in [-0.25, -0.2) is 0 Å². The van der Waals surface area contributed by atoms with Crippen molar-refractivity contribution in [1.82, 2.24) is 5.32 Å². The van der Waals surface area contributed by atoms with E-state index in [2.05, 4.69) is 5.32 Å². The molecule has 5 heteroatoms. The average molecular weight is 317 g/mol. The summed E-state index contributed by atoms with van der Waals surface area (Å²) in [4.78, 5) is 12.0. The second kappa shape index (κ2) is 7.87. The van der Waals surface area contributed by atoms with Crippen LogP contribution in [0.2, 0.25) is 5.02 Å². The van der Waals surface area contributed by atoms with Gasteiger partial charge < -0.3 is 11.1 Å². The number of aryl methyl sites for hydroxylation is 1. The predicted molar refractivity (Wildman–Crippen MR) is 85.4 cm³/mol. The third-order valence-corrected chi connectivity index (χ3v) is 4.04. The van der Waals surface area contributed by atoms with Crippen molar-refractivity contribution in [1.29, 1.82) is 0 Å². The number of hydrogen-bond donors (Lipinski definition) is 2. The Kier molecular flexibility index (Phi) is 6.80. The highest BCUT2D eigenvalue weighted by Gasteiger charge is 2.36. The number of carbonyl (C=O) groups is 1. The summed E-state index contributed by atoms with van der Waals surface area (Å²) in [6, 6.07) is 7.82. The molecule has 1 saturated carbocycles. The number of halogens is 2. The van der Waals surface area contributed by atoms with Crippen molar-refractivity contribution in [2.24, 2.45) is 5.73 Å². The molecule has 0 aromatic heterocycles. The lowest BCUT2D eigenvalue weighted by atomic mass is 9.98. The van der Waals surface area contributed by atoms with E-state index in [0.717, 1.165) is 43.5 Å². The van der Waals surface area contributed by atoms with Gasteiger partial charge in [0.05, 0.1) is 5.54 Å². The molecule has 0 aliphatic heterocycles. The fourth-order valence-corrected chi connectivity index (χ4v) is 2.68. The number of carbonyl (C=O) groups excluding carboxylic acids is 1. The highest BCUT2D eigenvalue weighted by atomic mass is 35.5. The van der Waals surface area contributed by atoms with E-state index in [1.165, 1.54) is 5.56 Å². The monoisotopic (exact) mass is 316 g/mol. The number of nitrogens with two attached hydrogens (primary N) is 1. The van der Waals surface area contributed by atoms with Gasteiger partial charge in [0.15, 0.2) is 0 Å². The van der Waals surface area contributed by atoms with Gasteiger partial charge in [-0.15, -0.1) is 12.4 Å². The Morgan fingerprint density at radius 3 is 2.45 bits per heavy atom. The normalized spacial score (nSPS) is 16.5. The van der Waals surface area contributed by atoms with Crippen LogP contribution in [0, 0.1) is 0 Å². The standard InChI is InChI=1S/C15H21ClN2O.ClH/c16-13-7-5-12(6-8-13)4-3-11-18-14(19)15(17)9-1-2-10-15;/h5-8H,1-4,9-11,17H2,(H,18,19);1H. The Bertz CT molecular complexity index is 428. The summed E-state index contributed by atoms with van der Waals surface area (Å²) >= 11 is 5.83. The van der Waals surface area contributed by atoms with Crippen LogP contribution in [0.15, 0.2) is 24.3 Å². The van der Waals surface area contributed by atoms with Crippen molar-refractivity contribution in [3.05, 3.63) is 34.9 Å². The van der Waals surface area contributed by atoms with E-state index in [9.17, 15) is 4.79 Å². The van der Waals surface area contributed by atoms with Crippen molar-refractivity contribution in [3.63, 3.8) is 0 Å². The van der Waals surface area contributed by atoms with Crippen molar-refractivity contribution >= 4 is 29.9 Å². The van der Waals surface area contributed by atoms with Crippen LogP contribution in [-0.4, -0.2) is 18.0 Å². The van der Waals surface area contributed by atoms with Crippen LogP contribution in [0.4, 0.5) is 0 Å². The van der Waals surface area contributed by atoms with Gasteiger partial charge in [-0.2, -0.15) is 0 Å². The minimum Gasteiger partial charge on any atom is -0.354 e. The number of hydrogen-bond acceptors (Lipinski definition) is 2. The third kappa shape index (κ3) is 4.65. The topological polar surface area (TPSA) is 55.1 Å². The Morgan fingerprint density at radius 1 is 1.25 bits per heavy atom. The molecular weight excluding hydrogens is 295 g/mol. The maximum absolute atomic E-state index is 12.0. The summed E-state index contributed by atoms with van der Waals surface area (Å²) < 4.78 is 0. The van der Waals surface area contributed by atoms with Crippen LogP contribution in [-0.2, 0) is 11.2 Å². The number of rotatable bonds is 5. The molecule has 0 saturated heterocycles. The SMILES string of the molecule is Cl.NC1(C(=O)NCCCc2ccc(Cl)cc2)CCCC1. The molecule has 3 nitrogen and oxygen atoms in total. The first-order chi connectivity index (χ1) is 9.10. The lowest BCUT2D eigenvalue weighted by Crippen LogP contribution is -2.52. The van der Waals surface area contributed by atoms with E-state index < -0.39 is 5.54 Å². The molecular formula is C15H22Cl2N2O. The van der Waals surface area contributed by atoms with E-state index in [-0.39, 0.29) is 18.3 Å². The molecule has 1 fully saturated rings. The zero-order valence-electron chi connectivity index (χ0n) is 11.5. The Balaban J connectivity index is 0.00000200. The van der Waals surface area contributed by atoms with Gasteiger partial charge in [0.1, 0.15) is 0 Å². The summed E-state index contributed by atoms with van der Waals surface area (Å²) in [6.45, 7) is 0.681. The minimum absolute atomic E-state index is 0. The fourth-order valence-electron chi connectivity index (χ4n) is 2.55. The maximum atomic E-state index is 12.0. The van der Waals surface area contributed by atoms with Gasteiger partial charge in [0, 0.05) is 11.6 Å². The van der Waals surface area contributed by atoms with Crippen LogP contribution in [0.5, 0.6) is 0 Å². The third-order valence-electron chi connectivity index (χ3n) is 3.79. The van der Waals surface area contributed by atoms with Crippen molar-refractivity contribution in [3.8, 4) is 0 Å². The molecule has 0 spiro atoms. The molecule has 0 unspecified atom stereocenters. The second-order valence-corrected chi connectivity index (χ2v) is 5.79.